The molecule has 0 amide bonds. The van der Waals surface area contributed by atoms with Crippen LogP contribution >= 0.6 is 11.3 Å². The van der Waals surface area contributed by atoms with Crippen LogP contribution in [0.1, 0.15) is 73.2 Å². The quantitative estimate of drug-likeness (QED) is 0.854. The Morgan fingerprint density at radius 3 is 2.71 bits per heavy atom. The topological polar surface area (TPSA) is 21.3 Å². The largest absolute Gasteiger partial charge is 0.370 e. The first-order valence-corrected chi connectivity index (χ1v) is 9.38. The van der Waals surface area contributed by atoms with E-state index in [0.29, 0.717) is 12.1 Å². The number of ether oxygens (including phenoxy) is 1. The maximum atomic E-state index is 6.45. The van der Waals surface area contributed by atoms with E-state index in [1.54, 1.807) is 0 Å². The SMILES string of the molecule is Cc1cc(C(C)NCC2CCC3(CCCCC3)O2)c(C)s1. The molecule has 1 saturated heterocycles. The molecule has 3 heteroatoms. The van der Waals surface area contributed by atoms with Crippen molar-refractivity contribution in [3.05, 3.63) is 21.4 Å². The van der Waals surface area contributed by atoms with Gasteiger partial charge in [0.05, 0.1) is 11.7 Å². The first kappa shape index (κ1) is 15.5. The minimum absolute atomic E-state index is 0.253. The Kier molecular flexibility index (Phi) is 4.72. The van der Waals surface area contributed by atoms with Gasteiger partial charge in [-0.1, -0.05) is 19.3 Å². The van der Waals surface area contributed by atoms with Gasteiger partial charge in [0.2, 0.25) is 0 Å². The van der Waals surface area contributed by atoms with Crippen LogP contribution in [0, 0.1) is 13.8 Å². The second kappa shape index (κ2) is 6.39. The number of hydrogen-bond donors (Lipinski definition) is 1. The third-order valence-electron chi connectivity index (χ3n) is 5.30. The van der Waals surface area contributed by atoms with Gasteiger partial charge in [0.25, 0.3) is 0 Å². The van der Waals surface area contributed by atoms with Gasteiger partial charge in [-0.3, -0.25) is 0 Å². The number of hydrogen-bond acceptors (Lipinski definition) is 3. The van der Waals surface area contributed by atoms with Crippen LogP contribution < -0.4 is 5.32 Å². The Bertz CT molecular complexity index is 476. The van der Waals surface area contributed by atoms with Gasteiger partial charge in [0.15, 0.2) is 0 Å². The lowest BCUT2D eigenvalue weighted by molar-refractivity contribution is -0.0628. The zero-order chi connectivity index (χ0) is 14.9. The van der Waals surface area contributed by atoms with E-state index in [-0.39, 0.29) is 5.60 Å². The molecule has 2 unspecified atom stereocenters. The highest BCUT2D eigenvalue weighted by Crippen LogP contribution is 2.41. The molecule has 1 spiro atoms. The second-order valence-corrected chi connectivity index (χ2v) is 8.48. The fourth-order valence-electron chi connectivity index (χ4n) is 4.10. The van der Waals surface area contributed by atoms with E-state index >= 15 is 0 Å². The van der Waals surface area contributed by atoms with Gasteiger partial charge in [-0.05, 0) is 58.1 Å². The van der Waals surface area contributed by atoms with Crippen molar-refractivity contribution in [2.75, 3.05) is 6.54 Å². The van der Waals surface area contributed by atoms with Gasteiger partial charge >= 0.3 is 0 Å². The molecule has 2 fully saturated rings. The van der Waals surface area contributed by atoms with Gasteiger partial charge in [-0.2, -0.15) is 0 Å². The summed E-state index contributed by atoms with van der Waals surface area (Å²) in [7, 11) is 0. The number of aryl methyl sites for hydroxylation is 2. The van der Waals surface area contributed by atoms with E-state index in [2.05, 4.69) is 32.2 Å². The summed E-state index contributed by atoms with van der Waals surface area (Å²) >= 11 is 1.90. The van der Waals surface area contributed by atoms with E-state index in [1.165, 1.54) is 60.3 Å². The van der Waals surface area contributed by atoms with Crippen LogP contribution in [-0.2, 0) is 4.74 Å². The number of thiophene rings is 1. The Morgan fingerprint density at radius 1 is 1.29 bits per heavy atom. The average Bonchev–Trinajstić information content (AvgIpc) is 3.01. The van der Waals surface area contributed by atoms with E-state index in [9.17, 15) is 0 Å². The summed E-state index contributed by atoms with van der Waals surface area (Å²) in [6, 6.07) is 2.76. The first-order chi connectivity index (χ1) is 10.1. The molecule has 2 atom stereocenters. The van der Waals surface area contributed by atoms with Crippen LogP contribution in [0.2, 0.25) is 0 Å². The molecule has 118 valence electrons. The van der Waals surface area contributed by atoms with Gasteiger partial charge in [0.1, 0.15) is 0 Å². The lowest BCUT2D eigenvalue weighted by atomic mass is 9.83. The van der Waals surface area contributed by atoms with Crippen molar-refractivity contribution in [1.29, 1.82) is 0 Å². The van der Waals surface area contributed by atoms with Crippen LogP contribution in [0.3, 0.4) is 0 Å². The highest BCUT2D eigenvalue weighted by Gasteiger charge is 2.40. The van der Waals surface area contributed by atoms with Crippen LogP contribution in [-0.4, -0.2) is 18.2 Å². The normalized spacial score (nSPS) is 26.3. The molecule has 1 N–H and O–H groups in total. The molecule has 2 aliphatic rings. The van der Waals surface area contributed by atoms with Crippen LogP contribution in [0.25, 0.3) is 0 Å². The highest BCUT2D eigenvalue weighted by atomic mass is 32.1. The highest BCUT2D eigenvalue weighted by molar-refractivity contribution is 7.12. The van der Waals surface area contributed by atoms with Crippen LogP contribution in [0.4, 0.5) is 0 Å². The summed E-state index contributed by atoms with van der Waals surface area (Å²) in [5.41, 5.74) is 1.71. The van der Waals surface area contributed by atoms with Crippen molar-refractivity contribution in [3.63, 3.8) is 0 Å². The van der Waals surface area contributed by atoms with Crippen LogP contribution in [0.15, 0.2) is 6.07 Å². The Morgan fingerprint density at radius 2 is 2.05 bits per heavy atom. The fourth-order valence-corrected chi connectivity index (χ4v) is 5.12. The molecule has 1 aromatic rings. The minimum atomic E-state index is 0.253. The molecule has 2 nitrogen and oxygen atoms in total. The summed E-state index contributed by atoms with van der Waals surface area (Å²) < 4.78 is 6.45. The van der Waals surface area contributed by atoms with E-state index in [0.717, 1.165) is 6.54 Å². The predicted molar refractivity (Wildman–Crippen MR) is 90.1 cm³/mol. The zero-order valence-corrected chi connectivity index (χ0v) is 14.5. The van der Waals surface area contributed by atoms with E-state index < -0.39 is 0 Å². The average molecular weight is 308 g/mol. The maximum absolute atomic E-state index is 6.45. The molecule has 1 aromatic heterocycles. The molecule has 1 saturated carbocycles. The maximum Gasteiger partial charge on any atom is 0.0708 e. The van der Waals surface area contributed by atoms with E-state index in [4.69, 9.17) is 4.74 Å². The first-order valence-electron chi connectivity index (χ1n) is 8.56. The molecule has 0 bridgehead atoms. The molecule has 0 radical (unpaired) electrons. The van der Waals surface area contributed by atoms with Crippen LogP contribution in [0.5, 0.6) is 0 Å². The monoisotopic (exact) mass is 307 g/mol. The predicted octanol–water partition coefficient (Wildman–Crippen LogP) is 4.90. The van der Waals surface area contributed by atoms with Crippen molar-refractivity contribution in [2.45, 2.75) is 83.5 Å². The minimum Gasteiger partial charge on any atom is -0.370 e. The van der Waals surface area contributed by atoms with Gasteiger partial charge in [0, 0.05) is 22.3 Å². The molecular weight excluding hydrogens is 278 g/mol. The summed E-state index contributed by atoms with van der Waals surface area (Å²) in [6.45, 7) is 7.70. The molecule has 0 aromatic carbocycles. The molecule has 3 rings (SSSR count). The lowest BCUT2D eigenvalue weighted by Gasteiger charge is -2.33. The Hall–Kier alpha value is -0.380. The number of rotatable bonds is 4. The number of nitrogens with one attached hydrogen (secondary N) is 1. The molecule has 1 aliphatic heterocycles. The van der Waals surface area contributed by atoms with Gasteiger partial charge < -0.3 is 10.1 Å². The second-order valence-electron chi connectivity index (χ2n) is 7.02. The van der Waals surface area contributed by atoms with Crippen molar-refractivity contribution < 1.29 is 4.74 Å². The van der Waals surface area contributed by atoms with Crippen molar-refractivity contribution in [1.82, 2.24) is 5.32 Å². The summed E-state index contributed by atoms with van der Waals surface area (Å²) in [5.74, 6) is 0. The lowest BCUT2D eigenvalue weighted by Crippen LogP contribution is -2.35. The molecule has 21 heavy (non-hydrogen) atoms. The summed E-state index contributed by atoms with van der Waals surface area (Å²) in [6.07, 6.45) is 9.66. The molecule has 1 aliphatic carbocycles. The molecule has 2 heterocycles. The summed E-state index contributed by atoms with van der Waals surface area (Å²) in [4.78, 5) is 2.86. The summed E-state index contributed by atoms with van der Waals surface area (Å²) in [5, 5.41) is 3.70. The van der Waals surface area contributed by atoms with E-state index in [1.807, 2.05) is 11.3 Å². The zero-order valence-electron chi connectivity index (χ0n) is 13.7. The smallest absolute Gasteiger partial charge is 0.0708 e. The molecular formula is C18H29NOS. The fraction of sp³-hybridized carbons (Fsp3) is 0.778. The third kappa shape index (κ3) is 3.52. The van der Waals surface area contributed by atoms with Gasteiger partial charge in [-0.15, -0.1) is 11.3 Å². The van der Waals surface area contributed by atoms with Gasteiger partial charge in [-0.25, -0.2) is 0 Å². The van der Waals surface area contributed by atoms with Crippen molar-refractivity contribution in [3.8, 4) is 0 Å². The van der Waals surface area contributed by atoms with Crippen molar-refractivity contribution >= 4 is 11.3 Å². The standard InChI is InChI=1S/C18H29NOS/c1-13-11-17(15(3)21-13)14(2)19-12-16-7-10-18(20-16)8-5-4-6-9-18/h11,14,16,19H,4-10,12H2,1-3H3. The van der Waals surface area contributed by atoms with Crippen molar-refractivity contribution in [2.24, 2.45) is 0 Å². The Labute approximate surface area is 133 Å². The third-order valence-corrected chi connectivity index (χ3v) is 6.28. The Balaban J connectivity index is 1.50.